The van der Waals surface area contributed by atoms with Crippen LogP contribution in [0.5, 0.6) is 0 Å². The highest BCUT2D eigenvalue weighted by atomic mass is 35.5. The van der Waals surface area contributed by atoms with Crippen LogP contribution in [0.3, 0.4) is 0 Å². The molecule has 0 bridgehead atoms. The van der Waals surface area contributed by atoms with Gasteiger partial charge in [-0.15, -0.1) is 0 Å². The Balaban J connectivity index is 2.67. The first-order chi connectivity index (χ1) is 7.59. The molecule has 2 rings (SSSR count). The van der Waals surface area contributed by atoms with Gasteiger partial charge in [0.05, 0.1) is 27.0 Å². The monoisotopic (exact) mass is 274 g/mol. The molecule has 1 N–H and O–H groups in total. The zero-order chi connectivity index (χ0) is 11.7. The standard InChI is InChI=1S/C10H5Cl3N2O/c11-7-1-5(2-8(12)9(7)13)6-3-14-4-15-10(6)16/h1-4H,(H,14,15,16). The molecule has 0 aliphatic carbocycles. The molecular formula is C10H5Cl3N2O. The number of benzene rings is 1. The maximum absolute atomic E-state index is 11.5. The second-order valence-corrected chi connectivity index (χ2v) is 4.24. The summed E-state index contributed by atoms with van der Waals surface area (Å²) in [5.41, 5.74) is 0.709. The van der Waals surface area contributed by atoms with Gasteiger partial charge in [-0.1, -0.05) is 34.8 Å². The number of aromatic amines is 1. The third-order valence-corrected chi connectivity index (χ3v) is 3.21. The van der Waals surface area contributed by atoms with Crippen LogP contribution in [0.15, 0.2) is 29.5 Å². The molecule has 6 heteroatoms. The van der Waals surface area contributed by atoms with Gasteiger partial charge in [-0.25, -0.2) is 4.98 Å². The number of hydrogen-bond acceptors (Lipinski definition) is 2. The van der Waals surface area contributed by atoms with Crippen molar-refractivity contribution < 1.29 is 0 Å². The lowest BCUT2D eigenvalue weighted by Gasteiger charge is -2.04. The van der Waals surface area contributed by atoms with Gasteiger partial charge >= 0.3 is 0 Å². The number of halogens is 3. The zero-order valence-electron chi connectivity index (χ0n) is 7.80. The normalized spacial score (nSPS) is 10.4. The molecule has 3 nitrogen and oxygen atoms in total. The van der Waals surface area contributed by atoms with E-state index in [4.69, 9.17) is 34.8 Å². The minimum atomic E-state index is -0.260. The minimum Gasteiger partial charge on any atom is -0.313 e. The van der Waals surface area contributed by atoms with E-state index in [0.29, 0.717) is 21.2 Å². The summed E-state index contributed by atoms with van der Waals surface area (Å²) in [5.74, 6) is 0. The lowest BCUT2D eigenvalue weighted by molar-refractivity contribution is 1.12. The third kappa shape index (κ3) is 2.07. The van der Waals surface area contributed by atoms with Gasteiger partial charge in [0.25, 0.3) is 5.56 Å². The van der Waals surface area contributed by atoms with Crippen molar-refractivity contribution in [3.63, 3.8) is 0 Å². The molecule has 0 fully saturated rings. The lowest BCUT2D eigenvalue weighted by Crippen LogP contribution is -2.08. The fourth-order valence-corrected chi connectivity index (χ4v) is 1.86. The molecule has 2 aromatic rings. The van der Waals surface area contributed by atoms with Crippen molar-refractivity contribution in [3.8, 4) is 11.1 Å². The van der Waals surface area contributed by atoms with Gasteiger partial charge in [-0.05, 0) is 17.7 Å². The summed E-state index contributed by atoms with van der Waals surface area (Å²) in [5, 5.41) is 0.868. The SMILES string of the molecule is O=c1[nH]cncc1-c1cc(Cl)c(Cl)c(Cl)c1. The van der Waals surface area contributed by atoms with Crippen molar-refractivity contribution >= 4 is 34.8 Å². The number of nitrogens with one attached hydrogen (secondary N) is 1. The minimum absolute atomic E-state index is 0.260. The third-order valence-electron chi connectivity index (χ3n) is 2.01. The predicted octanol–water partition coefficient (Wildman–Crippen LogP) is 3.40. The van der Waals surface area contributed by atoms with Gasteiger partial charge in [-0.2, -0.15) is 0 Å². The van der Waals surface area contributed by atoms with Gasteiger partial charge in [0.2, 0.25) is 0 Å². The Hall–Kier alpha value is -1.03. The Morgan fingerprint density at radius 2 is 1.75 bits per heavy atom. The van der Waals surface area contributed by atoms with Crippen LogP contribution in [0, 0.1) is 0 Å². The van der Waals surface area contributed by atoms with Crippen LogP contribution < -0.4 is 5.56 Å². The van der Waals surface area contributed by atoms with Crippen molar-refractivity contribution in [3.05, 3.63) is 50.1 Å². The van der Waals surface area contributed by atoms with Crippen molar-refractivity contribution in [2.75, 3.05) is 0 Å². The number of aromatic nitrogens is 2. The molecule has 0 atom stereocenters. The largest absolute Gasteiger partial charge is 0.313 e. The van der Waals surface area contributed by atoms with Crippen molar-refractivity contribution in [1.29, 1.82) is 0 Å². The molecule has 16 heavy (non-hydrogen) atoms. The van der Waals surface area contributed by atoms with Crippen molar-refractivity contribution in [2.45, 2.75) is 0 Å². The highest BCUT2D eigenvalue weighted by Crippen LogP contribution is 2.33. The van der Waals surface area contributed by atoms with Crippen molar-refractivity contribution in [1.82, 2.24) is 9.97 Å². The molecule has 0 aliphatic rings. The van der Waals surface area contributed by atoms with Crippen LogP contribution in [0.25, 0.3) is 11.1 Å². The van der Waals surface area contributed by atoms with Gasteiger partial charge < -0.3 is 4.98 Å². The van der Waals surface area contributed by atoms with Crippen LogP contribution in [0.1, 0.15) is 0 Å². The van der Waals surface area contributed by atoms with Gasteiger partial charge in [0.15, 0.2) is 0 Å². The first-order valence-electron chi connectivity index (χ1n) is 4.27. The van der Waals surface area contributed by atoms with E-state index in [1.54, 1.807) is 12.1 Å². The number of H-pyrrole nitrogens is 1. The van der Waals surface area contributed by atoms with Gasteiger partial charge in [-0.3, -0.25) is 4.79 Å². The molecule has 1 heterocycles. The molecule has 0 saturated carbocycles. The zero-order valence-corrected chi connectivity index (χ0v) is 10.1. The van der Waals surface area contributed by atoms with E-state index in [0.717, 1.165) is 0 Å². The van der Waals surface area contributed by atoms with E-state index >= 15 is 0 Å². The van der Waals surface area contributed by atoms with Crippen LogP contribution in [0.4, 0.5) is 0 Å². The Morgan fingerprint density at radius 3 is 2.31 bits per heavy atom. The summed E-state index contributed by atoms with van der Waals surface area (Å²) in [6, 6.07) is 3.14. The molecule has 0 aliphatic heterocycles. The van der Waals surface area contributed by atoms with E-state index in [-0.39, 0.29) is 10.6 Å². The summed E-state index contributed by atoms with van der Waals surface area (Å²) >= 11 is 17.6. The lowest BCUT2D eigenvalue weighted by atomic mass is 10.1. The summed E-state index contributed by atoms with van der Waals surface area (Å²) in [4.78, 5) is 17.8. The molecule has 1 aromatic carbocycles. The van der Waals surface area contributed by atoms with Crippen LogP contribution in [-0.2, 0) is 0 Å². The molecule has 0 spiro atoms. The van der Waals surface area contributed by atoms with Crippen LogP contribution in [0.2, 0.25) is 15.1 Å². The molecule has 0 radical (unpaired) electrons. The first kappa shape index (κ1) is 11.5. The van der Waals surface area contributed by atoms with Crippen molar-refractivity contribution in [2.24, 2.45) is 0 Å². The predicted molar refractivity (Wildman–Crippen MR) is 65.3 cm³/mol. The van der Waals surface area contributed by atoms with E-state index in [1.165, 1.54) is 12.5 Å². The van der Waals surface area contributed by atoms with Crippen LogP contribution >= 0.6 is 34.8 Å². The van der Waals surface area contributed by atoms with E-state index in [9.17, 15) is 4.79 Å². The first-order valence-corrected chi connectivity index (χ1v) is 5.40. The maximum atomic E-state index is 11.5. The molecule has 0 unspecified atom stereocenters. The fourth-order valence-electron chi connectivity index (χ4n) is 1.26. The summed E-state index contributed by atoms with van der Waals surface area (Å²) in [6.07, 6.45) is 2.75. The summed E-state index contributed by atoms with van der Waals surface area (Å²) in [7, 11) is 0. The Labute approximate surface area is 106 Å². The molecular weight excluding hydrogens is 270 g/mol. The number of nitrogens with zero attached hydrogens (tertiary/aromatic N) is 1. The molecule has 0 amide bonds. The second-order valence-electron chi connectivity index (χ2n) is 3.05. The smallest absolute Gasteiger partial charge is 0.258 e. The molecule has 82 valence electrons. The Kier molecular flexibility index (Phi) is 3.19. The van der Waals surface area contributed by atoms with Crippen LogP contribution in [-0.4, -0.2) is 9.97 Å². The average molecular weight is 276 g/mol. The van der Waals surface area contributed by atoms with E-state index in [1.807, 2.05) is 0 Å². The number of hydrogen-bond donors (Lipinski definition) is 1. The highest BCUT2D eigenvalue weighted by molar-refractivity contribution is 6.48. The number of rotatable bonds is 1. The maximum Gasteiger partial charge on any atom is 0.258 e. The molecule has 1 aromatic heterocycles. The highest BCUT2D eigenvalue weighted by Gasteiger charge is 2.09. The second kappa shape index (κ2) is 4.45. The topological polar surface area (TPSA) is 45.8 Å². The average Bonchev–Trinajstić information content (AvgIpc) is 2.26. The van der Waals surface area contributed by atoms with E-state index in [2.05, 4.69) is 9.97 Å². The Morgan fingerprint density at radius 1 is 1.12 bits per heavy atom. The van der Waals surface area contributed by atoms with E-state index < -0.39 is 0 Å². The quantitative estimate of drug-likeness (QED) is 0.811. The summed E-state index contributed by atoms with van der Waals surface area (Å²) < 4.78 is 0. The molecule has 0 saturated heterocycles. The summed E-state index contributed by atoms with van der Waals surface area (Å²) in [6.45, 7) is 0. The Bertz CT molecular complexity index is 572. The van der Waals surface area contributed by atoms with Gasteiger partial charge in [0.1, 0.15) is 0 Å². The van der Waals surface area contributed by atoms with Gasteiger partial charge in [0, 0.05) is 6.20 Å². The fraction of sp³-hybridized carbons (Fsp3) is 0.